The number of amides is 1. The lowest BCUT2D eigenvalue weighted by Crippen LogP contribution is -2.13. The van der Waals surface area contributed by atoms with Crippen LogP contribution in [-0.2, 0) is 10.2 Å². The lowest BCUT2D eigenvalue weighted by molar-refractivity contribution is -0.113. The molecule has 0 aliphatic heterocycles. The topological polar surface area (TPSA) is 42.0 Å². The van der Waals surface area contributed by atoms with Crippen molar-refractivity contribution < 1.29 is 4.79 Å². The van der Waals surface area contributed by atoms with Crippen LogP contribution in [0.4, 0.5) is 5.13 Å². The maximum absolute atomic E-state index is 12.2. The maximum Gasteiger partial charge on any atom is 0.236 e. The lowest BCUT2D eigenvalue weighted by atomic mass is 9.87. The molecule has 1 heterocycles. The average Bonchev–Trinajstić information content (AvgIpc) is 2.93. The molecule has 0 atom stereocenters. The molecule has 0 aliphatic carbocycles. The minimum Gasteiger partial charge on any atom is -0.301 e. The number of nitrogens with one attached hydrogen (secondary N) is 1. The van der Waals surface area contributed by atoms with Crippen LogP contribution in [0.3, 0.4) is 0 Å². The number of halogens is 1. The first kappa shape index (κ1) is 18.4. The van der Waals surface area contributed by atoms with Gasteiger partial charge in [-0.3, -0.25) is 4.79 Å². The lowest BCUT2D eigenvalue weighted by Gasteiger charge is -2.19. The summed E-state index contributed by atoms with van der Waals surface area (Å²) in [4.78, 5) is 17.7. The van der Waals surface area contributed by atoms with Crippen molar-refractivity contribution in [3.05, 3.63) is 52.5 Å². The number of nitrogens with zero attached hydrogens (tertiary/aromatic N) is 1. The fraction of sp³-hybridized carbons (Fsp3) is 0.263. The first-order valence-corrected chi connectivity index (χ1v) is 10.5. The van der Waals surface area contributed by atoms with Gasteiger partial charge in [0.25, 0.3) is 0 Å². The van der Waals surface area contributed by atoms with E-state index in [-0.39, 0.29) is 11.3 Å². The Kier molecular flexibility index (Phi) is 5.51. The molecule has 0 radical (unpaired) electrons. The number of aromatic nitrogens is 1. The highest BCUT2D eigenvalue weighted by molar-refractivity contribution is 9.10. The van der Waals surface area contributed by atoms with Gasteiger partial charge in [0.05, 0.1) is 16.0 Å². The SMILES string of the molecule is CC(C)(C)c1ccc(SCC(=O)Nc2nc3ccc(Br)cc3s2)cc1. The third-order valence-corrected chi connectivity index (χ3v) is 6.13. The standard InChI is InChI=1S/C19H19BrN2OS2/c1-19(2,3)12-4-7-14(8-5-12)24-11-17(23)22-18-21-15-9-6-13(20)10-16(15)25-18/h4-10H,11H2,1-3H3,(H,21,22,23). The molecule has 0 spiro atoms. The zero-order valence-corrected chi connectivity index (χ0v) is 17.5. The molecule has 3 rings (SSSR count). The second-order valence-corrected chi connectivity index (χ2v) is 9.74. The van der Waals surface area contributed by atoms with Gasteiger partial charge in [0.15, 0.2) is 5.13 Å². The molecule has 0 unspecified atom stereocenters. The number of hydrogen-bond acceptors (Lipinski definition) is 4. The smallest absolute Gasteiger partial charge is 0.236 e. The highest BCUT2D eigenvalue weighted by Crippen LogP contribution is 2.29. The van der Waals surface area contributed by atoms with E-state index in [1.54, 1.807) is 0 Å². The summed E-state index contributed by atoms with van der Waals surface area (Å²) in [7, 11) is 0. The normalized spacial score (nSPS) is 11.7. The van der Waals surface area contributed by atoms with Crippen molar-refractivity contribution in [2.24, 2.45) is 0 Å². The number of anilines is 1. The molecule has 0 saturated heterocycles. The van der Waals surface area contributed by atoms with E-state index in [0.29, 0.717) is 10.9 Å². The third-order valence-electron chi connectivity index (χ3n) is 3.69. The van der Waals surface area contributed by atoms with E-state index in [4.69, 9.17) is 0 Å². The predicted molar refractivity (Wildman–Crippen MR) is 112 cm³/mol. The molecule has 3 nitrogen and oxygen atoms in total. The Bertz CT molecular complexity index is 898. The number of thiazole rings is 1. The summed E-state index contributed by atoms with van der Waals surface area (Å²) in [6.07, 6.45) is 0. The highest BCUT2D eigenvalue weighted by atomic mass is 79.9. The fourth-order valence-corrected chi connectivity index (χ4v) is 4.44. The van der Waals surface area contributed by atoms with Crippen LogP contribution in [0, 0.1) is 0 Å². The monoisotopic (exact) mass is 434 g/mol. The third kappa shape index (κ3) is 4.84. The van der Waals surface area contributed by atoms with E-state index in [0.717, 1.165) is 19.6 Å². The molecule has 0 fully saturated rings. The molecule has 3 aromatic rings. The summed E-state index contributed by atoms with van der Waals surface area (Å²) in [6.45, 7) is 6.58. The molecule has 6 heteroatoms. The Hall–Kier alpha value is -1.37. The van der Waals surface area contributed by atoms with Crippen LogP contribution in [0.15, 0.2) is 51.8 Å². The van der Waals surface area contributed by atoms with Gasteiger partial charge in [-0.05, 0) is 41.3 Å². The van der Waals surface area contributed by atoms with Crippen molar-refractivity contribution in [2.45, 2.75) is 31.1 Å². The molecule has 0 bridgehead atoms. The molecular weight excluding hydrogens is 416 g/mol. The van der Waals surface area contributed by atoms with Crippen LogP contribution < -0.4 is 5.32 Å². The van der Waals surface area contributed by atoms with Crippen LogP contribution in [-0.4, -0.2) is 16.6 Å². The first-order chi connectivity index (χ1) is 11.8. The van der Waals surface area contributed by atoms with Gasteiger partial charge in [-0.2, -0.15) is 0 Å². The molecule has 0 saturated carbocycles. The molecule has 1 N–H and O–H groups in total. The predicted octanol–water partition coefficient (Wildman–Crippen LogP) is 6.09. The van der Waals surface area contributed by atoms with E-state index in [9.17, 15) is 4.79 Å². The number of carbonyl (C=O) groups excluding carboxylic acids is 1. The van der Waals surface area contributed by atoms with Gasteiger partial charge in [-0.25, -0.2) is 4.98 Å². The van der Waals surface area contributed by atoms with Gasteiger partial charge in [0.1, 0.15) is 0 Å². The zero-order chi connectivity index (χ0) is 18.0. The quantitative estimate of drug-likeness (QED) is 0.505. The molecule has 25 heavy (non-hydrogen) atoms. The number of carbonyl (C=O) groups is 1. The van der Waals surface area contributed by atoms with E-state index in [2.05, 4.69) is 71.3 Å². The molecule has 0 aliphatic rings. The second kappa shape index (κ2) is 7.48. The van der Waals surface area contributed by atoms with Crippen molar-refractivity contribution in [2.75, 3.05) is 11.1 Å². The molecule has 1 aromatic heterocycles. The minimum absolute atomic E-state index is 0.0389. The van der Waals surface area contributed by atoms with Crippen molar-refractivity contribution >= 4 is 60.3 Å². The van der Waals surface area contributed by atoms with Crippen molar-refractivity contribution in [1.82, 2.24) is 4.98 Å². The van der Waals surface area contributed by atoms with Crippen LogP contribution in [0.2, 0.25) is 0 Å². The fourth-order valence-electron chi connectivity index (χ4n) is 2.31. The number of hydrogen-bond donors (Lipinski definition) is 1. The summed E-state index contributed by atoms with van der Waals surface area (Å²) < 4.78 is 2.06. The Morgan fingerprint density at radius 2 is 1.92 bits per heavy atom. The Balaban J connectivity index is 1.58. The number of rotatable bonds is 4. The van der Waals surface area contributed by atoms with Crippen LogP contribution in [0.25, 0.3) is 10.2 Å². The van der Waals surface area contributed by atoms with Crippen LogP contribution >= 0.6 is 39.0 Å². The Labute approximate surface area is 164 Å². The van der Waals surface area contributed by atoms with E-state index < -0.39 is 0 Å². The van der Waals surface area contributed by atoms with Gasteiger partial charge >= 0.3 is 0 Å². The molecular formula is C19H19BrN2OS2. The van der Waals surface area contributed by atoms with Crippen molar-refractivity contribution in [3.8, 4) is 0 Å². The summed E-state index contributed by atoms with van der Waals surface area (Å²) in [6, 6.07) is 14.3. The Morgan fingerprint density at radius 1 is 1.20 bits per heavy atom. The van der Waals surface area contributed by atoms with Crippen LogP contribution in [0.5, 0.6) is 0 Å². The summed E-state index contributed by atoms with van der Waals surface area (Å²) in [5.74, 6) is 0.331. The van der Waals surface area contributed by atoms with Crippen LogP contribution in [0.1, 0.15) is 26.3 Å². The highest BCUT2D eigenvalue weighted by Gasteiger charge is 2.13. The first-order valence-electron chi connectivity index (χ1n) is 7.90. The van der Waals surface area contributed by atoms with E-state index in [1.807, 2.05) is 18.2 Å². The summed E-state index contributed by atoms with van der Waals surface area (Å²) in [5.41, 5.74) is 2.33. The number of fused-ring (bicyclic) bond motifs is 1. The second-order valence-electron chi connectivity index (χ2n) is 6.74. The summed E-state index contributed by atoms with van der Waals surface area (Å²) in [5, 5.41) is 3.53. The number of benzene rings is 2. The van der Waals surface area contributed by atoms with Gasteiger partial charge in [-0.15, -0.1) is 11.8 Å². The van der Waals surface area contributed by atoms with Gasteiger partial charge in [0, 0.05) is 9.37 Å². The van der Waals surface area contributed by atoms with Gasteiger partial charge in [0.2, 0.25) is 5.91 Å². The van der Waals surface area contributed by atoms with Gasteiger partial charge < -0.3 is 5.32 Å². The largest absolute Gasteiger partial charge is 0.301 e. The zero-order valence-electron chi connectivity index (χ0n) is 14.3. The molecule has 130 valence electrons. The van der Waals surface area contributed by atoms with Crippen molar-refractivity contribution in [3.63, 3.8) is 0 Å². The van der Waals surface area contributed by atoms with Crippen molar-refractivity contribution in [1.29, 1.82) is 0 Å². The summed E-state index contributed by atoms with van der Waals surface area (Å²) >= 11 is 6.47. The molecule has 1 amide bonds. The number of thioether (sulfide) groups is 1. The average molecular weight is 435 g/mol. The van der Waals surface area contributed by atoms with E-state index in [1.165, 1.54) is 28.7 Å². The minimum atomic E-state index is -0.0389. The Morgan fingerprint density at radius 3 is 2.60 bits per heavy atom. The maximum atomic E-state index is 12.2. The van der Waals surface area contributed by atoms with Gasteiger partial charge in [-0.1, -0.05) is 60.2 Å². The molecule has 2 aromatic carbocycles. The van der Waals surface area contributed by atoms with E-state index >= 15 is 0 Å².